The van der Waals surface area contributed by atoms with Crippen molar-refractivity contribution in [2.45, 2.75) is 18.8 Å². The van der Waals surface area contributed by atoms with Crippen LogP contribution in [-0.4, -0.2) is 36.3 Å². The smallest absolute Gasteiger partial charge is 0.251 e. The van der Waals surface area contributed by atoms with E-state index in [2.05, 4.69) is 0 Å². The van der Waals surface area contributed by atoms with Gasteiger partial charge in [0.1, 0.15) is 23.0 Å². The Morgan fingerprint density at radius 2 is 0.507 bits per heavy atom. The van der Waals surface area contributed by atoms with E-state index in [1.807, 2.05) is 170 Å². The van der Waals surface area contributed by atoms with E-state index in [1.165, 1.54) is 0 Å². The van der Waals surface area contributed by atoms with Gasteiger partial charge in [0.05, 0.1) is 5.41 Å². The van der Waals surface area contributed by atoms with E-state index in [-0.39, 0.29) is 0 Å². The average molecular weight is 879 g/mol. The van der Waals surface area contributed by atoms with Gasteiger partial charge >= 0.3 is 0 Å². The lowest BCUT2D eigenvalue weighted by Gasteiger charge is -2.30. The maximum atomic E-state index is 15.1. The number of rotatable bonds is 13. The third-order valence-corrected chi connectivity index (χ3v) is 11.4. The van der Waals surface area contributed by atoms with Gasteiger partial charge in [-0.25, -0.2) is 38.7 Å². The Morgan fingerprint density at radius 1 is 0.299 bits per heavy atom. The minimum absolute atomic E-state index is 0.442. The molecule has 10 aromatic rings. The summed E-state index contributed by atoms with van der Waals surface area (Å²) < 4.78 is 42.5. The Labute approximate surface area is 386 Å². The van der Waals surface area contributed by atoms with Gasteiger partial charge in [0.25, 0.3) is 6.43 Å². The molecule has 0 amide bonds. The van der Waals surface area contributed by atoms with E-state index in [1.54, 1.807) is 55.5 Å². The van der Waals surface area contributed by atoms with E-state index < -0.39 is 11.8 Å². The summed E-state index contributed by atoms with van der Waals surface area (Å²) in [6.45, 7) is 1.54. The van der Waals surface area contributed by atoms with Crippen molar-refractivity contribution >= 4 is 0 Å². The van der Waals surface area contributed by atoms with Crippen molar-refractivity contribution in [3.63, 3.8) is 0 Å². The van der Waals surface area contributed by atoms with Gasteiger partial charge in [-0.2, -0.15) is 0 Å². The molecule has 0 aliphatic carbocycles. The molecule has 0 radical (unpaired) electrons. The van der Waals surface area contributed by atoms with Crippen LogP contribution in [0.1, 0.15) is 18.1 Å². The summed E-state index contributed by atoms with van der Waals surface area (Å²) in [6, 6.07) is 67.6. The maximum Gasteiger partial charge on any atom is 0.251 e. The molecule has 2 aromatic heterocycles. The fourth-order valence-electron chi connectivity index (χ4n) is 7.65. The molecule has 10 heteroatoms. The minimum atomic E-state index is -2.70. The molecule has 8 nitrogen and oxygen atoms in total. The summed E-state index contributed by atoms with van der Waals surface area (Å²) in [7, 11) is 0. The summed E-state index contributed by atoms with van der Waals surface area (Å²) in [4.78, 5) is 28.8. The van der Waals surface area contributed by atoms with E-state index in [4.69, 9.17) is 39.4 Å². The Bertz CT molecular complexity index is 2910. The third-order valence-electron chi connectivity index (χ3n) is 11.4. The number of hydrogen-bond donors (Lipinski definition) is 0. The number of alkyl halides is 2. The molecule has 0 N–H and O–H groups in total. The zero-order chi connectivity index (χ0) is 45.6. The van der Waals surface area contributed by atoms with Crippen LogP contribution in [-0.2, 0) is 5.41 Å². The molecule has 0 saturated heterocycles. The fourth-order valence-corrected chi connectivity index (χ4v) is 7.65. The van der Waals surface area contributed by atoms with Crippen molar-refractivity contribution in [3.8, 4) is 91.3 Å². The normalized spacial score (nSPS) is 11.3. The van der Waals surface area contributed by atoms with Crippen LogP contribution < -0.4 is 9.47 Å². The number of aromatic nitrogens is 6. The molecule has 0 atom stereocenters. The fraction of sp³-hybridized carbons (Fsp3) is 0.0526. The summed E-state index contributed by atoms with van der Waals surface area (Å²) in [5, 5.41) is 0. The monoisotopic (exact) mass is 878 g/mol. The van der Waals surface area contributed by atoms with Gasteiger partial charge in [-0.3, -0.25) is 0 Å². The van der Waals surface area contributed by atoms with E-state index >= 15 is 8.78 Å². The van der Waals surface area contributed by atoms with Crippen LogP contribution in [0.25, 0.3) is 68.3 Å². The van der Waals surface area contributed by atoms with Crippen LogP contribution in [0.5, 0.6) is 23.0 Å². The third kappa shape index (κ3) is 9.27. The molecule has 0 unspecified atom stereocenters. The lowest BCUT2D eigenvalue weighted by molar-refractivity contribution is 0.0806. The van der Waals surface area contributed by atoms with Gasteiger partial charge in [0.15, 0.2) is 34.9 Å². The molecule has 324 valence electrons. The molecule has 0 spiro atoms. The Morgan fingerprint density at radius 3 is 0.731 bits per heavy atom. The van der Waals surface area contributed by atoms with Gasteiger partial charge in [-0.15, -0.1) is 0 Å². The van der Waals surface area contributed by atoms with Gasteiger partial charge in [-0.05, 0) is 90.8 Å². The molecule has 10 rings (SSSR count). The summed E-state index contributed by atoms with van der Waals surface area (Å²) in [5.74, 6) is 5.48. The maximum absolute atomic E-state index is 15.1. The number of ether oxygens (including phenoxy) is 2. The number of benzene rings is 8. The summed E-state index contributed by atoms with van der Waals surface area (Å²) in [6.07, 6.45) is -2.70. The minimum Gasteiger partial charge on any atom is -0.457 e. The zero-order valence-electron chi connectivity index (χ0n) is 36.1. The average Bonchev–Trinajstić information content (AvgIpc) is 3.40. The molecule has 2 heterocycles. The molecule has 0 saturated carbocycles. The van der Waals surface area contributed by atoms with Crippen molar-refractivity contribution in [1.29, 1.82) is 0 Å². The first-order valence-corrected chi connectivity index (χ1v) is 21.7. The van der Waals surface area contributed by atoms with Crippen LogP contribution in [0, 0.1) is 0 Å². The van der Waals surface area contributed by atoms with Gasteiger partial charge in [0, 0.05) is 33.4 Å². The molecule has 0 aliphatic rings. The first-order valence-electron chi connectivity index (χ1n) is 21.7. The molecular formula is C57H40F2N6O2. The number of halogens is 2. The van der Waals surface area contributed by atoms with Crippen molar-refractivity contribution in [2.24, 2.45) is 0 Å². The molecule has 0 fully saturated rings. The second-order valence-corrected chi connectivity index (χ2v) is 15.9. The lowest BCUT2D eigenvalue weighted by Crippen LogP contribution is -2.32. The highest BCUT2D eigenvalue weighted by Gasteiger charge is 2.39. The van der Waals surface area contributed by atoms with Crippen molar-refractivity contribution < 1.29 is 18.3 Å². The molecule has 0 bridgehead atoms. The second-order valence-electron chi connectivity index (χ2n) is 15.9. The Kier molecular flexibility index (Phi) is 11.8. The topological polar surface area (TPSA) is 95.8 Å². The molecule has 8 aromatic carbocycles. The highest BCUT2D eigenvalue weighted by atomic mass is 19.3. The number of hydrogen-bond acceptors (Lipinski definition) is 8. The molecular weight excluding hydrogens is 839 g/mol. The van der Waals surface area contributed by atoms with E-state index in [0.29, 0.717) is 69.1 Å². The van der Waals surface area contributed by atoms with E-state index in [9.17, 15) is 0 Å². The van der Waals surface area contributed by atoms with Crippen molar-refractivity contribution in [3.05, 3.63) is 230 Å². The summed E-state index contributed by atoms with van der Waals surface area (Å²) >= 11 is 0. The second kappa shape index (κ2) is 18.8. The van der Waals surface area contributed by atoms with Crippen molar-refractivity contribution in [2.75, 3.05) is 0 Å². The predicted octanol–water partition coefficient (Wildman–Crippen LogP) is 14.2. The quantitative estimate of drug-likeness (QED) is 0.113. The van der Waals surface area contributed by atoms with Crippen molar-refractivity contribution in [1.82, 2.24) is 29.9 Å². The highest BCUT2D eigenvalue weighted by Crippen LogP contribution is 2.40. The van der Waals surface area contributed by atoms with Crippen LogP contribution in [0.4, 0.5) is 8.78 Å². The van der Waals surface area contributed by atoms with Crippen LogP contribution in [0.2, 0.25) is 0 Å². The van der Waals surface area contributed by atoms with Gasteiger partial charge in [0.2, 0.25) is 0 Å². The van der Waals surface area contributed by atoms with Crippen LogP contribution >= 0.6 is 0 Å². The van der Waals surface area contributed by atoms with E-state index in [0.717, 1.165) is 33.4 Å². The number of nitrogens with zero attached hydrogens (tertiary/aromatic N) is 6. The first kappa shape index (κ1) is 42.2. The van der Waals surface area contributed by atoms with Crippen LogP contribution in [0.3, 0.4) is 0 Å². The highest BCUT2D eigenvalue weighted by molar-refractivity contribution is 5.68. The van der Waals surface area contributed by atoms with Gasteiger partial charge < -0.3 is 9.47 Å². The predicted molar refractivity (Wildman–Crippen MR) is 258 cm³/mol. The zero-order valence-corrected chi connectivity index (χ0v) is 36.1. The Balaban J connectivity index is 0.826. The molecule has 67 heavy (non-hydrogen) atoms. The summed E-state index contributed by atoms with van der Waals surface area (Å²) in [5.41, 5.74) is 4.38. The standard InChI is InChI=1S/C57H40F2N6O2/c1-57(56(58)59,44-26-34-48(35-27-44)66-46-30-22-42(23-31-46)54-62-50(38-14-6-2-7-15-38)60-51(63-54)39-16-8-3-9-17-39)45-28-36-49(37-29-45)67-47-32-24-43(25-33-47)55-64-52(40-18-10-4-11-19-40)61-53(65-55)41-20-12-5-13-21-41/h2-37,56H,1H3. The first-order chi connectivity index (χ1) is 32.9. The molecule has 0 aliphatic heterocycles. The van der Waals surface area contributed by atoms with Gasteiger partial charge in [-0.1, -0.05) is 146 Å². The SMILES string of the molecule is CC(c1ccc(Oc2ccc(-c3nc(-c4ccccc4)nc(-c4ccccc4)n3)cc2)cc1)(c1ccc(Oc2ccc(-c3nc(-c4ccccc4)nc(-c4ccccc4)n3)cc2)cc1)C(F)F. The largest absolute Gasteiger partial charge is 0.457 e. The van der Waals surface area contributed by atoms with Crippen LogP contribution in [0.15, 0.2) is 218 Å². The Hall–Kier alpha value is -8.76. The lowest BCUT2D eigenvalue weighted by atomic mass is 9.76.